The van der Waals surface area contributed by atoms with Crippen molar-refractivity contribution in [2.24, 2.45) is 11.8 Å². The van der Waals surface area contributed by atoms with Gasteiger partial charge in [0.1, 0.15) is 36.8 Å². The van der Waals surface area contributed by atoms with Crippen LogP contribution in [0.1, 0.15) is 112 Å². The van der Waals surface area contributed by atoms with Gasteiger partial charge in [0.15, 0.2) is 24.3 Å². The Morgan fingerprint density at radius 2 is 1.65 bits per heavy atom. The van der Waals surface area contributed by atoms with Crippen LogP contribution in [0.15, 0.2) is 24.5 Å². The Hall–Kier alpha value is -3.66. The van der Waals surface area contributed by atoms with Crippen molar-refractivity contribution in [1.29, 1.82) is 0 Å². The number of ether oxygens (including phenoxy) is 9. The first-order valence-corrected chi connectivity index (χ1v) is 24.2. The number of hydrogen-bond donors (Lipinski definition) is 2. The lowest BCUT2D eigenvalue weighted by molar-refractivity contribution is -0.344. The molecule has 386 valence electrons. The van der Waals surface area contributed by atoms with Gasteiger partial charge in [0, 0.05) is 65.2 Å². The standard InChI is InChI=1S/C49H79N3O16/c1-12-38(56)64-37-26-40(58)61-30(4)18-23-52(22-14-15-34-16-20-50-21-17-34)28-36(55)29(3)25-35(19-24-53)45(46(37)60-11)67-48-43(59)42(51(9)10)44(31(5)63-48)66-41-27-49(8,68-33(7)54)47(32(6)62-41)65-39(57)13-2/h16-17,20-21,24,29-32,35-37,41-48,55,59H,12-15,18-19,22-23,25-28H2,1-11H3/t29-,30-,31?,32?,35+,36+,37-,41?,42?,43?,44?,45+,46?,47?,48?,49?/m1/s1. The van der Waals surface area contributed by atoms with E-state index in [1.807, 2.05) is 19.1 Å². The average molecular weight is 966 g/mol. The predicted molar refractivity (Wildman–Crippen MR) is 246 cm³/mol. The van der Waals surface area contributed by atoms with Crippen LogP contribution in [0.2, 0.25) is 0 Å². The number of carbonyl (C=O) groups is 5. The van der Waals surface area contributed by atoms with Gasteiger partial charge in [0.2, 0.25) is 0 Å². The molecule has 0 amide bonds. The molecule has 3 aliphatic heterocycles. The third kappa shape index (κ3) is 16.2. The number of nitrogens with zero attached hydrogens (tertiary/aromatic N) is 3. The Morgan fingerprint density at radius 3 is 2.26 bits per heavy atom. The zero-order valence-electron chi connectivity index (χ0n) is 42.0. The van der Waals surface area contributed by atoms with Gasteiger partial charge in [0.25, 0.3) is 0 Å². The molecule has 3 fully saturated rings. The van der Waals surface area contributed by atoms with E-state index in [0.717, 1.165) is 24.7 Å². The minimum Gasteiger partial charge on any atom is -0.463 e. The fourth-order valence-corrected chi connectivity index (χ4v) is 9.70. The molecule has 3 aliphatic rings. The summed E-state index contributed by atoms with van der Waals surface area (Å²) in [7, 11) is 4.89. The molecule has 1 aromatic heterocycles. The van der Waals surface area contributed by atoms with Crippen molar-refractivity contribution in [3.05, 3.63) is 30.1 Å². The molecule has 16 atom stereocenters. The lowest BCUT2D eigenvalue weighted by Crippen LogP contribution is -2.66. The summed E-state index contributed by atoms with van der Waals surface area (Å²) in [5.74, 6) is -3.43. The van der Waals surface area contributed by atoms with E-state index in [1.165, 1.54) is 14.0 Å². The molecule has 19 nitrogen and oxygen atoms in total. The third-order valence-corrected chi connectivity index (χ3v) is 13.3. The summed E-state index contributed by atoms with van der Waals surface area (Å²) < 4.78 is 55.5. The summed E-state index contributed by atoms with van der Waals surface area (Å²) in [6.45, 7) is 14.8. The van der Waals surface area contributed by atoms with Crippen LogP contribution in [-0.4, -0.2) is 181 Å². The topological polar surface area (TPSA) is 228 Å². The molecule has 0 radical (unpaired) electrons. The number of cyclic esters (lactones) is 1. The number of aromatic nitrogens is 1. The Balaban J connectivity index is 1.68. The Labute approximate surface area is 402 Å². The van der Waals surface area contributed by atoms with Gasteiger partial charge in [-0.2, -0.15) is 0 Å². The summed E-state index contributed by atoms with van der Waals surface area (Å²) >= 11 is 0. The smallest absolute Gasteiger partial charge is 0.309 e. The van der Waals surface area contributed by atoms with Crippen LogP contribution in [0.3, 0.4) is 0 Å². The second-order valence-electron chi connectivity index (χ2n) is 19.1. The zero-order chi connectivity index (χ0) is 50.3. The molecule has 19 heteroatoms. The van der Waals surface area contributed by atoms with Gasteiger partial charge in [-0.25, -0.2) is 0 Å². The molecule has 4 heterocycles. The molecule has 68 heavy (non-hydrogen) atoms. The molecule has 1 aromatic rings. The highest BCUT2D eigenvalue weighted by Gasteiger charge is 2.54. The summed E-state index contributed by atoms with van der Waals surface area (Å²) in [5, 5.41) is 24.1. The number of methoxy groups -OCH3 is 1. The number of aldehydes is 1. The van der Waals surface area contributed by atoms with Crippen LogP contribution >= 0.6 is 0 Å². The molecule has 3 saturated heterocycles. The molecule has 2 N–H and O–H groups in total. The number of rotatable bonds is 17. The molecule has 0 spiro atoms. The van der Waals surface area contributed by atoms with Crippen LogP contribution in [-0.2, 0) is 73.0 Å². The van der Waals surface area contributed by atoms with Gasteiger partial charge in [0.05, 0.1) is 36.9 Å². The molecule has 0 aliphatic carbocycles. The van der Waals surface area contributed by atoms with Crippen molar-refractivity contribution >= 4 is 30.2 Å². The second-order valence-corrected chi connectivity index (χ2v) is 19.1. The highest BCUT2D eigenvalue weighted by atomic mass is 16.7. The normalized spacial score (nSPS) is 35.9. The number of β-amino-alcohol motifs (C(OH)–C–C–N with tert-alkyl or cyclic N) is 1. The number of aliphatic hydroxyl groups excluding tert-OH is 2. The van der Waals surface area contributed by atoms with Gasteiger partial charge in [-0.05, 0) is 104 Å². The monoisotopic (exact) mass is 966 g/mol. The molecular weight excluding hydrogens is 887 g/mol. The summed E-state index contributed by atoms with van der Waals surface area (Å²) in [5.41, 5.74) is -0.179. The lowest BCUT2D eigenvalue weighted by atomic mass is 9.82. The van der Waals surface area contributed by atoms with E-state index < -0.39 is 127 Å². The Morgan fingerprint density at radius 1 is 0.971 bits per heavy atom. The molecule has 0 aromatic carbocycles. The van der Waals surface area contributed by atoms with Crippen molar-refractivity contribution in [1.82, 2.24) is 14.8 Å². The van der Waals surface area contributed by atoms with Crippen LogP contribution in [0, 0.1) is 11.8 Å². The average Bonchev–Trinajstić information content (AvgIpc) is 3.27. The number of carbonyl (C=O) groups excluding carboxylic acids is 5. The largest absolute Gasteiger partial charge is 0.463 e. The maximum Gasteiger partial charge on any atom is 0.309 e. The quantitative estimate of drug-likeness (QED) is 0.129. The molecular formula is C49H79N3O16. The van der Waals surface area contributed by atoms with Crippen LogP contribution in [0.5, 0.6) is 0 Å². The third-order valence-electron chi connectivity index (χ3n) is 13.3. The van der Waals surface area contributed by atoms with E-state index in [1.54, 1.807) is 72.9 Å². The first kappa shape index (κ1) is 56.9. The Bertz CT molecular complexity index is 1740. The van der Waals surface area contributed by atoms with Gasteiger partial charge in [-0.15, -0.1) is 0 Å². The van der Waals surface area contributed by atoms with Gasteiger partial charge >= 0.3 is 23.9 Å². The molecule has 0 saturated carbocycles. The lowest BCUT2D eigenvalue weighted by Gasteiger charge is -2.50. The van der Waals surface area contributed by atoms with Crippen LogP contribution in [0.4, 0.5) is 0 Å². The molecule has 0 bridgehead atoms. The summed E-state index contributed by atoms with van der Waals surface area (Å²) in [6, 6.07) is 3.13. The van der Waals surface area contributed by atoms with Crippen molar-refractivity contribution in [2.75, 3.05) is 40.8 Å². The highest BCUT2D eigenvalue weighted by molar-refractivity contribution is 5.73. The van der Waals surface area contributed by atoms with Crippen molar-refractivity contribution in [3.8, 4) is 0 Å². The summed E-state index contributed by atoms with van der Waals surface area (Å²) in [4.78, 5) is 72.2. The maximum absolute atomic E-state index is 13.7. The number of hydrogen-bond acceptors (Lipinski definition) is 19. The molecule has 4 rings (SSSR count). The second kappa shape index (κ2) is 27.1. The minimum atomic E-state index is -1.43. The van der Waals surface area contributed by atoms with Gasteiger partial charge < -0.3 is 67.4 Å². The van der Waals surface area contributed by atoms with Crippen molar-refractivity contribution < 1.29 is 76.8 Å². The first-order chi connectivity index (χ1) is 32.2. The van der Waals surface area contributed by atoms with Crippen molar-refractivity contribution in [3.63, 3.8) is 0 Å². The van der Waals surface area contributed by atoms with Crippen molar-refractivity contribution in [2.45, 2.75) is 198 Å². The number of aryl methyl sites for hydroxylation is 1. The van der Waals surface area contributed by atoms with Crippen LogP contribution < -0.4 is 0 Å². The van der Waals surface area contributed by atoms with E-state index >= 15 is 0 Å². The fourth-order valence-electron chi connectivity index (χ4n) is 9.70. The summed E-state index contributed by atoms with van der Waals surface area (Å²) in [6.07, 6.45) is -5.99. The number of likely N-dealkylation sites (N-methyl/N-ethyl adjacent to an activating group) is 1. The Kier molecular flexibility index (Phi) is 22.7. The van der Waals surface area contributed by atoms with E-state index in [0.29, 0.717) is 26.1 Å². The van der Waals surface area contributed by atoms with E-state index in [4.69, 9.17) is 42.6 Å². The fraction of sp³-hybridized carbons (Fsp3) is 0.796. The van der Waals surface area contributed by atoms with E-state index in [2.05, 4.69) is 9.88 Å². The first-order valence-electron chi connectivity index (χ1n) is 24.2. The maximum atomic E-state index is 13.7. The van der Waals surface area contributed by atoms with Gasteiger partial charge in [-0.3, -0.25) is 24.2 Å². The SMILES string of the molecule is CCC(=O)OC1C(C)OC(OC2C(C)OC(O[C@@H]3C(OC)[C@H](OC(=O)CC)CC(=O)O[C@H](C)CCN(CCCc4ccncc4)C[C@H](O)[C@H](C)C[C@@H]3CC=O)C(O)C2N(C)C)CC1(C)OC(C)=O. The van der Waals surface area contributed by atoms with E-state index in [9.17, 15) is 34.2 Å². The zero-order valence-corrected chi connectivity index (χ0v) is 42.0. The number of pyridine rings is 1. The highest BCUT2D eigenvalue weighted by Crippen LogP contribution is 2.39. The number of aliphatic hydroxyl groups is 2. The predicted octanol–water partition coefficient (Wildman–Crippen LogP) is 3.56. The molecule has 10 unspecified atom stereocenters. The number of esters is 4. The van der Waals surface area contributed by atoms with Crippen LogP contribution in [0.25, 0.3) is 0 Å². The van der Waals surface area contributed by atoms with Gasteiger partial charge in [-0.1, -0.05) is 20.8 Å². The van der Waals surface area contributed by atoms with E-state index in [-0.39, 0.29) is 32.1 Å². The minimum absolute atomic E-state index is 0.0101.